The summed E-state index contributed by atoms with van der Waals surface area (Å²) >= 11 is 0. The number of benzene rings is 2. The number of nitrogens with zero attached hydrogens (tertiary/aromatic N) is 2. The molecule has 0 heterocycles. The highest BCUT2D eigenvalue weighted by Crippen LogP contribution is 2.27. The van der Waals surface area contributed by atoms with E-state index >= 15 is 0 Å². The Morgan fingerprint density at radius 3 is 2.17 bits per heavy atom. The van der Waals surface area contributed by atoms with Gasteiger partial charge in [-0.1, -0.05) is 6.07 Å². The molecule has 23 heavy (non-hydrogen) atoms. The first-order valence-corrected chi connectivity index (χ1v) is 7.68. The highest BCUT2D eigenvalue weighted by molar-refractivity contribution is 7.85. The van der Waals surface area contributed by atoms with Crippen molar-refractivity contribution < 1.29 is 28.0 Å². The van der Waals surface area contributed by atoms with Crippen LogP contribution in [0.1, 0.15) is 15.9 Å². The second-order valence-corrected chi connectivity index (χ2v) is 6.02. The van der Waals surface area contributed by atoms with Gasteiger partial charge in [-0.15, -0.1) is 0 Å². The molecule has 0 radical (unpaired) electrons. The second-order valence-electron chi connectivity index (χ2n) is 4.63. The van der Waals surface area contributed by atoms with Crippen molar-refractivity contribution in [3.63, 3.8) is 0 Å². The summed E-state index contributed by atoms with van der Waals surface area (Å²) < 4.78 is 31.6. The van der Waals surface area contributed by atoms with Gasteiger partial charge in [-0.3, -0.25) is 4.55 Å². The van der Waals surface area contributed by atoms with Crippen LogP contribution in [0.4, 0.5) is 11.4 Å². The fourth-order valence-corrected chi connectivity index (χ4v) is 2.55. The summed E-state index contributed by atoms with van der Waals surface area (Å²) in [7, 11) is -4.37. The molecule has 0 amide bonds. The number of carbonyl (C=O) groups is 1. The van der Waals surface area contributed by atoms with Crippen LogP contribution < -0.4 is 0 Å². The molecule has 0 atom stereocenters. The molecule has 2 aromatic rings. The van der Waals surface area contributed by atoms with Crippen molar-refractivity contribution >= 4 is 27.5 Å². The number of phenols is 1. The molecule has 0 fully saturated rings. The van der Waals surface area contributed by atoms with Crippen LogP contribution in [-0.4, -0.2) is 29.2 Å². The van der Waals surface area contributed by atoms with Gasteiger partial charge in [0, 0.05) is 0 Å². The van der Waals surface area contributed by atoms with E-state index < -0.39 is 21.8 Å². The Balaban J connectivity index is 2.38. The van der Waals surface area contributed by atoms with E-state index in [0.717, 1.165) is 18.2 Å². The van der Waals surface area contributed by atoms with Crippen LogP contribution in [0.3, 0.4) is 0 Å². The summed E-state index contributed by atoms with van der Waals surface area (Å²) in [5.41, 5.74) is 0.343. The van der Waals surface area contributed by atoms with E-state index in [-0.39, 0.29) is 21.8 Å². The molecule has 3 N–H and O–H groups in total. The van der Waals surface area contributed by atoms with Crippen LogP contribution in [-0.2, 0) is 10.1 Å². The van der Waals surface area contributed by atoms with Crippen molar-refractivity contribution in [1.82, 2.24) is 0 Å². The monoisotopic (exact) mass is 336 g/mol. The number of hydrogen-bond acceptors (Lipinski definition) is 6. The Hall–Kier alpha value is -2.78. The molecule has 0 aromatic heterocycles. The number of carboxylic acid groups (broad SMARTS) is 1. The van der Waals surface area contributed by atoms with Crippen molar-refractivity contribution in [3.05, 3.63) is 47.5 Å². The van der Waals surface area contributed by atoms with Gasteiger partial charge in [-0.25, -0.2) is 4.79 Å². The smallest absolute Gasteiger partial charge is 0.339 e. The summed E-state index contributed by atoms with van der Waals surface area (Å²) in [6.45, 7) is 1.52. The highest BCUT2D eigenvalue weighted by Gasteiger charge is 2.14. The van der Waals surface area contributed by atoms with Crippen LogP contribution in [0.2, 0.25) is 0 Å². The quantitative estimate of drug-likeness (QED) is 0.579. The van der Waals surface area contributed by atoms with Crippen LogP contribution in [0.5, 0.6) is 5.75 Å². The second kappa shape index (κ2) is 6.15. The molecule has 0 saturated carbocycles. The van der Waals surface area contributed by atoms with Gasteiger partial charge in [0.2, 0.25) is 0 Å². The molecule has 0 saturated heterocycles. The van der Waals surface area contributed by atoms with E-state index in [1.165, 1.54) is 25.1 Å². The lowest BCUT2D eigenvalue weighted by atomic mass is 10.2. The third kappa shape index (κ3) is 3.90. The van der Waals surface area contributed by atoms with E-state index in [4.69, 9.17) is 9.66 Å². The van der Waals surface area contributed by atoms with Crippen LogP contribution in [0.25, 0.3) is 0 Å². The zero-order valence-electron chi connectivity index (χ0n) is 11.8. The molecule has 0 bridgehead atoms. The highest BCUT2D eigenvalue weighted by atomic mass is 32.2. The van der Waals surface area contributed by atoms with Gasteiger partial charge in [0.05, 0.1) is 16.3 Å². The molecule has 0 aliphatic carbocycles. The molecule has 8 nitrogen and oxygen atoms in total. The third-order valence-electron chi connectivity index (χ3n) is 2.94. The molecule has 120 valence electrons. The van der Waals surface area contributed by atoms with Crippen LogP contribution in [0, 0.1) is 6.92 Å². The van der Waals surface area contributed by atoms with Crippen molar-refractivity contribution in [3.8, 4) is 5.75 Å². The number of hydrogen-bond donors (Lipinski definition) is 3. The average Bonchev–Trinajstić information content (AvgIpc) is 2.46. The average molecular weight is 336 g/mol. The fraction of sp³-hybridized carbons (Fsp3) is 0.0714. The van der Waals surface area contributed by atoms with Gasteiger partial charge >= 0.3 is 5.97 Å². The van der Waals surface area contributed by atoms with Gasteiger partial charge in [0.1, 0.15) is 11.3 Å². The molecule has 0 aliphatic heterocycles. The van der Waals surface area contributed by atoms with E-state index in [1.54, 1.807) is 0 Å². The fourth-order valence-electron chi connectivity index (χ4n) is 1.80. The van der Waals surface area contributed by atoms with Crippen molar-refractivity contribution in [1.29, 1.82) is 0 Å². The molecule has 9 heteroatoms. The Bertz CT molecular complexity index is 905. The predicted molar refractivity (Wildman–Crippen MR) is 80.2 cm³/mol. The Morgan fingerprint density at radius 2 is 1.61 bits per heavy atom. The minimum atomic E-state index is -4.37. The lowest BCUT2D eigenvalue weighted by molar-refractivity contribution is 0.0693. The Labute approximate surface area is 131 Å². The Kier molecular flexibility index (Phi) is 4.43. The molecule has 0 unspecified atom stereocenters. The molecule has 0 aliphatic rings. The third-order valence-corrected chi connectivity index (χ3v) is 3.94. The summed E-state index contributed by atoms with van der Waals surface area (Å²) in [5.74, 6) is -1.72. The zero-order chi connectivity index (χ0) is 17.2. The number of carboxylic acids is 1. The lowest BCUT2D eigenvalue weighted by Crippen LogP contribution is -2.00. The first kappa shape index (κ1) is 16.6. The maximum atomic E-state index is 11.2. The molecule has 2 aromatic carbocycles. The van der Waals surface area contributed by atoms with E-state index in [2.05, 4.69) is 10.2 Å². The molecule has 0 spiro atoms. The largest absolute Gasteiger partial charge is 0.507 e. The number of aromatic hydroxyl groups is 1. The first-order chi connectivity index (χ1) is 10.7. The maximum absolute atomic E-state index is 11.2. The molecular formula is C14H12N2O6S. The van der Waals surface area contributed by atoms with Gasteiger partial charge < -0.3 is 10.2 Å². The van der Waals surface area contributed by atoms with E-state index in [1.807, 2.05) is 0 Å². The van der Waals surface area contributed by atoms with Crippen molar-refractivity contribution in [2.45, 2.75) is 11.8 Å². The van der Waals surface area contributed by atoms with Gasteiger partial charge in [-0.2, -0.15) is 18.6 Å². The minimum absolute atomic E-state index is 0.160. The molecule has 2 rings (SSSR count). The lowest BCUT2D eigenvalue weighted by Gasteiger charge is -2.03. The van der Waals surface area contributed by atoms with Crippen LogP contribution in [0.15, 0.2) is 51.5 Å². The number of azo groups is 1. The Morgan fingerprint density at radius 1 is 1.04 bits per heavy atom. The van der Waals surface area contributed by atoms with Gasteiger partial charge in [-0.05, 0) is 42.8 Å². The molecular weight excluding hydrogens is 324 g/mol. The minimum Gasteiger partial charge on any atom is -0.507 e. The summed E-state index contributed by atoms with van der Waals surface area (Å²) in [6.07, 6.45) is 0. The number of aryl methyl sites for hydroxylation is 1. The van der Waals surface area contributed by atoms with Crippen molar-refractivity contribution in [2.24, 2.45) is 10.2 Å². The number of rotatable bonds is 4. The summed E-state index contributed by atoms with van der Waals surface area (Å²) in [6, 6.07) is 7.73. The van der Waals surface area contributed by atoms with E-state index in [9.17, 15) is 18.3 Å². The standard InChI is InChI=1S/C14H12N2O6S/c1-8-2-3-10(7-13(8)23(20,21)22)16-15-9-4-5-12(17)11(6-9)14(18)19/h2-7,17H,1H3,(H,18,19)(H,20,21,22). The maximum Gasteiger partial charge on any atom is 0.339 e. The normalized spacial score (nSPS) is 11.7. The van der Waals surface area contributed by atoms with Gasteiger partial charge in [0.15, 0.2) is 0 Å². The summed E-state index contributed by atoms with van der Waals surface area (Å²) in [4.78, 5) is 10.6. The predicted octanol–water partition coefficient (Wildman–Crippen LogP) is 3.06. The zero-order valence-corrected chi connectivity index (χ0v) is 12.6. The van der Waals surface area contributed by atoms with Crippen molar-refractivity contribution in [2.75, 3.05) is 0 Å². The SMILES string of the molecule is Cc1ccc(N=Nc2ccc(O)c(C(=O)O)c2)cc1S(=O)(=O)O. The van der Waals surface area contributed by atoms with Gasteiger partial charge in [0.25, 0.3) is 10.1 Å². The number of aromatic carboxylic acids is 1. The van der Waals surface area contributed by atoms with Crippen LogP contribution >= 0.6 is 0 Å². The summed E-state index contributed by atoms with van der Waals surface area (Å²) in [5, 5.41) is 25.9. The first-order valence-electron chi connectivity index (χ1n) is 6.24. The van der Waals surface area contributed by atoms with E-state index in [0.29, 0.717) is 5.56 Å². The topological polar surface area (TPSA) is 137 Å².